The van der Waals surface area contributed by atoms with E-state index in [0.29, 0.717) is 5.02 Å². The van der Waals surface area contributed by atoms with Gasteiger partial charge in [0.1, 0.15) is 0 Å². The second-order valence-electron chi connectivity index (χ2n) is 4.25. The lowest BCUT2D eigenvalue weighted by atomic mass is 10.0. The van der Waals surface area contributed by atoms with Gasteiger partial charge in [0.15, 0.2) is 0 Å². The van der Waals surface area contributed by atoms with E-state index < -0.39 is 0 Å². The minimum Gasteiger partial charge on any atom is -0.313 e. The van der Waals surface area contributed by atoms with Gasteiger partial charge < -0.3 is 5.32 Å². The molecule has 3 nitrogen and oxygen atoms in total. The highest BCUT2D eigenvalue weighted by molar-refractivity contribution is 6.31. The highest BCUT2D eigenvalue weighted by Gasteiger charge is 2.12. The third-order valence-electron chi connectivity index (χ3n) is 2.97. The molecule has 0 radical (unpaired) electrons. The van der Waals surface area contributed by atoms with E-state index in [9.17, 15) is 0 Å². The number of nitrogens with one attached hydrogen (secondary N) is 1. The number of nitrogens with zero attached hydrogens (tertiary/aromatic N) is 2. The zero-order valence-electron chi connectivity index (χ0n) is 10.5. The van der Waals surface area contributed by atoms with E-state index >= 15 is 0 Å². The fourth-order valence-electron chi connectivity index (χ4n) is 1.86. The summed E-state index contributed by atoms with van der Waals surface area (Å²) in [7, 11) is 1.94. The Morgan fingerprint density at radius 2 is 2.11 bits per heavy atom. The van der Waals surface area contributed by atoms with Gasteiger partial charge in [-0.2, -0.15) is 0 Å². The summed E-state index contributed by atoms with van der Waals surface area (Å²) in [6.07, 6.45) is 6.17. The lowest BCUT2D eigenvalue weighted by Crippen LogP contribution is -2.19. The summed E-state index contributed by atoms with van der Waals surface area (Å²) in [6, 6.07) is 6.28. The minimum atomic E-state index is 0.206. The van der Waals surface area contributed by atoms with Crippen molar-refractivity contribution in [2.24, 2.45) is 0 Å². The van der Waals surface area contributed by atoms with E-state index in [1.807, 2.05) is 32.3 Å². The van der Waals surface area contributed by atoms with E-state index in [1.165, 1.54) is 0 Å². The summed E-state index contributed by atoms with van der Waals surface area (Å²) in [6.45, 7) is 1.98. The Hall–Kier alpha value is -1.45. The van der Waals surface area contributed by atoms with Crippen molar-refractivity contribution in [1.82, 2.24) is 15.3 Å². The monoisotopic (exact) mass is 261 g/mol. The predicted molar refractivity (Wildman–Crippen MR) is 73.7 cm³/mol. The number of likely N-dealkylation sites (N-methyl/N-ethyl adjacent to an activating group) is 1. The molecule has 2 aromatic rings. The number of rotatable bonds is 4. The number of pyridine rings is 2. The Labute approximate surface area is 112 Å². The first kappa shape index (κ1) is 13.0. The van der Waals surface area contributed by atoms with E-state index in [4.69, 9.17) is 11.6 Å². The first-order valence-electron chi connectivity index (χ1n) is 5.89. The lowest BCUT2D eigenvalue weighted by molar-refractivity contribution is 0.589. The van der Waals surface area contributed by atoms with Crippen LogP contribution in [0.25, 0.3) is 0 Å². The summed E-state index contributed by atoms with van der Waals surface area (Å²) >= 11 is 6.13. The van der Waals surface area contributed by atoms with Gasteiger partial charge in [-0.15, -0.1) is 0 Å². The predicted octanol–water partition coefficient (Wildman–Crippen LogP) is 2.94. The number of aromatic nitrogens is 2. The van der Waals surface area contributed by atoms with Crippen LogP contribution in [0.4, 0.5) is 0 Å². The summed E-state index contributed by atoms with van der Waals surface area (Å²) in [5.74, 6) is 0. The molecule has 4 heteroatoms. The van der Waals surface area contributed by atoms with Crippen molar-refractivity contribution >= 4 is 11.6 Å². The number of hydrogen-bond acceptors (Lipinski definition) is 3. The SMILES string of the molecule is CNC(Cc1ccncc1Cl)c1ccc(C)nc1. The Morgan fingerprint density at radius 3 is 2.72 bits per heavy atom. The smallest absolute Gasteiger partial charge is 0.0622 e. The Balaban J connectivity index is 2.20. The number of halogens is 1. The van der Waals surface area contributed by atoms with Gasteiger partial charge in [-0.05, 0) is 43.7 Å². The zero-order valence-corrected chi connectivity index (χ0v) is 11.3. The molecule has 1 N–H and O–H groups in total. The zero-order chi connectivity index (χ0) is 13.0. The highest BCUT2D eigenvalue weighted by atomic mass is 35.5. The minimum absolute atomic E-state index is 0.206. The van der Waals surface area contributed by atoms with E-state index in [1.54, 1.807) is 12.4 Å². The van der Waals surface area contributed by atoms with Crippen molar-refractivity contribution in [2.45, 2.75) is 19.4 Å². The standard InChI is InChI=1S/C14H16ClN3/c1-10-3-4-12(8-18-10)14(16-2)7-11-5-6-17-9-13(11)15/h3-6,8-9,14,16H,7H2,1-2H3. The molecule has 0 fully saturated rings. The average molecular weight is 262 g/mol. The lowest BCUT2D eigenvalue weighted by Gasteiger charge is -2.17. The van der Waals surface area contributed by atoms with Crippen LogP contribution in [0.3, 0.4) is 0 Å². The van der Waals surface area contributed by atoms with Gasteiger partial charge in [0, 0.05) is 30.3 Å². The molecule has 0 bridgehead atoms. The van der Waals surface area contributed by atoms with Crippen molar-refractivity contribution in [1.29, 1.82) is 0 Å². The van der Waals surface area contributed by atoms with Crippen LogP contribution in [0.15, 0.2) is 36.8 Å². The van der Waals surface area contributed by atoms with Crippen LogP contribution >= 0.6 is 11.6 Å². The van der Waals surface area contributed by atoms with E-state index in [2.05, 4.69) is 21.4 Å². The van der Waals surface area contributed by atoms with Crippen molar-refractivity contribution in [3.05, 3.63) is 58.6 Å². The van der Waals surface area contributed by atoms with Crippen LogP contribution in [-0.2, 0) is 6.42 Å². The molecule has 1 unspecified atom stereocenters. The van der Waals surface area contributed by atoms with Crippen LogP contribution in [-0.4, -0.2) is 17.0 Å². The van der Waals surface area contributed by atoms with E-state index in [-0.39, 0.29) is 6.04 Å². The van der Waals surface area contributed by atoms with Gasteiger partial charge in [0.2, 0.25) is 0 Å². The van der Waals surface area contributed by atoms with Crippen LogP contribution < -0.4 is 5.32 Å². The maximum Gasteiger partial charge on any atom is 0.0622 e. The maximum absolute atomic E-state index is 6.13. The van der Waals surface area contributed by atoms with Gasteiger partial charge in [-0.1, -0.05) is 17.7 Å². The van der Waals surface area contributed by atoms with Crippen LogP contribution in [0.1, 0.15) is 22.9 Å². The third kappa shape index (κ3) is 3.06. The molecule has 0 amide bonds. The fourth-order valence-corrected chi connectivity index (χ4v) is 2.06. The quantitative estimate of drug-likeness (QED) is 0.920. The van der Waals surface area contributed by atoms with Gasteiger partial charge in [0.05, 0.1) is 5.02 Å². The van der Waals surface area contributed by atoms with Gasteiger partial charge in [0.25, 0.3) is 0 Å². The van der Waals surface area contributed by atoms with Crippen LogP contribution in [0.5, 0.6) is 0 Å². The van der Waals surface area contributed by atoms with Crippen molar-refractivity contribution < 1.29 is 0 Å². The number of aryl methyl sites for hydroxylation is 1. The molecular weight excluding hydrogens is 246 g/mol. The second-order valence-corrected chi connectivity index (χ2v) is 4.65. The molecule has 0 aliphatic carbocycles. The number of hydrogen-bond donors (Lipinski definition) is 1. The van der Waals surface area contributed by atoms with Gasteiger partial charge >= 0.3 is 0 Å². The van der Waals surface area contributed by atoms with Crippen molar-refractivity contribution in [3.8, 4) is 0 Å². The summed E-state index contributed by atoms with van der Waals surface area (Å²) in [5, 5.41) is 4.00. The Bertz CT molecular complexity index is 511. The molecule has 2 aromatic heterocycles. The van der Waals surface area contributed by atoms with Crippen LogP contribution in [0.2, 0.25) is 5.02 Å². The molecule has 94 valence electrons. The second kappa shape index (κ2) is 5.94. The molecule has 2 heterocycles. The highest BCUT2D eigenvalue weighted by Crippen LogP contribution is 2.22. The molecule has 0 saturated carbocycles. The molecule has 1 atom stereocenters. The Morgan fingerprint density at radius 1 is 1.28 bits per heavy atom. The van der Waals surface area contributed by atoms with Crippen LogP contribution in [0, 0.1) is 6.92 Å². The Kier molecular flexibility index (Phi) is 4.28. The summed E-state index contributed by atoms with van der Waals surface area (Å²) in [4.78, 5) is 8.32. The van der Waals surface area contributed by atoms with E-state index in [0.717, 1.165) is 23.2 Å². The molecule has 0 aliphatic heterocycles. The van der Waals surface area contributed by atoms with Gasteiger partial charge in [-0.25, -0.2) is 0 Å². The third-order valence-corrected chi connectivity index (χ3v) is 3.31. The fraction of sp³-hybridized carbons (Fsp3) is 0.286. The largest absolute Gasteiger partial charge is 0.313 e. The van der Waals surface area contributed by atoms with Crippen molar-refractivity contribution in [2.75, 3.05) is 7.05 Å². The molecule has 2 rings (SSSR count). The maximum atomic E-state index is 6.13. The molecule has 0 saturated heterocycles. The topological polar surface area (TPSA) is 37.8 Å². The van der Waals surface area contributed by atoms with Gasteiger partial charge in [-0.3, -0.25) is 9.97 Å². The average Bonchev–Trinajstić information content (AvgIpc) is 2.39. The molecule has 18 heavy (non-hydrogen) atoms. The molecule has 0 aliphatic rings. The molecular formula is C14H16ClN3. The normalized spacial score (nSPS) is 12.4. The first-order chi connectivity index (χ1) is 8.70. The first-order valence-corrected chi connectivity index (χ1v) is 6.26. The summed E-state index contributed by atoms with van der Waals surface area (Å²) < 4.78 is 0. The molecule has 0 aromatic carbocycles. The summed E-state index contributed by atoms with van der Waals surface area (Å²) in [5.41, 5.74) is 3.28. The molecule has 0 spiro atoms. The van der Waals surface area contributed by atoms with Crippen molar-refractivity contribution in [3.63, 3.8) is 0 Å².